The summed E-state index contributed by atoms with van der Waals surface area (Å²) < 4.78 is 81.3. The number of hydrogen-bond acceptors (Lipinski definition) is 4. The van der Waals surface area contributed by atoms with Crippen molar-refractivity contribution in [1.82, 2.24) is 0 Å². The first-order valence-electron chi connectivity index (χ1n) is 7.91. The Morgan fingerprint density at radius 1 is 0.897 bits per heavy atom. The number of alkyl halides is 6. The number of rotatable bonds is 3. The van der Waals surface area contributed by atoms with Crippen molar-refractivity contribution in [2.75, 3.05) is 0 Å². The second kappa shape index (κ2) is 7.57. The Labute approximate surface area is 159 Å². The number of amides is 1. The molecule has 29 heavy (non-hydrogen) atoms. The van der Waals surface area contributed by atoms with E-state index >= 15 is 0 Å². The van der Waals surface area contributed by atoms with Crippen molar-refractivity contribution in [3.05, 3.63) is 71.2 Å². The van der Waals surface area contributed by atoms with Crippen LogP contribution in [0.3, 0.4) is 0 Å². The van der Waals surface area contributed by atoms with Crippen molar-refractivity contribution >= 4 is 11.5 Å². The highest BCUT2D eigenvalue weighted by Crippen LogP contribution is 2.35. The van der Waals surface area contributed by atoms with Crippen LogP contribution in [0.2, 0.25) is 0 Å². The summed E-state index contributed by atoms with van der Waals surface area (Å²) >= 11 is 0. The molecule has 0 atom stereocenters. The van der Waals surface area contributed by atoms with Crippen LogP contribution in [-0.2, 0) is 9.53 Å². The molecule has 152 valence electrons. The fourth-order valence-corrected chi connectivity index (χ4v) is 2.66. The molecule has 11 heteroatoms. The van der Waals surface area contributed by atoms with Gasteiger partial charge in [-0.05, 0) is 41.8 Å². The van der Waals surface area contributed by atoms with E-state index in [-0.39, 0.29) is 17.6 Å². The van der Waals surface area contributed by atoms with Crippen LogP contribution in [0.1, 0.15) is 12.0 Å². The Balaban J connectivity index is 1.88. The highest BCUT2D eigenvalue weighted by atomic mass is 19.4. The average molecular weight is 416 g/mol. The van der Waals surface area contributed by atoms with Crippen LogP contribution in [0, 0.1) is 0 Å². The van der Waals surface area contributed by atoms with Crippen LogP contribution in [0.4, 0.5) is 26.3 Å². The highest BCUT2D eigenvalue weighted by molar-refractivity contribution is 6.11. The molecule has 1 heterocycles. The SMILES string of the molecule is O=C1N=NC=C(c2ccc(OC(F)(F)F)cc2)C1=C1C=CC(OC(F)(F)F)=CC1. The van der Waals surface area contributed by atoms with Gasteiger partial charge in [-0.25, -0.2) is 0 Å². The smallest absolute Gasteiger partial charge is 0.406 e. The zero-order chi connectivity index (χ0) is 21.2. The first kappa shape index (κ1) is 20.4. The average Bonchev–Trinajstić information content (AvgIpc) is 2.60. The normalized spacial score (nSPS) is 19.7. The zero-order valence-corrected chi connectivity index (χ0v) is 14.2. The summed E-state index contributed by atoms with van der Waals surface area (Å²) in [6, 6.07) is 4.71. The quantitative estimate of drug-likeness (QED) is 0.476. The number of azo groups is 1. The number of ether oxygens (including phenoxy) is 2. The maximum absolute atomic E-state index is 12.3. The molecule has 0 saturated carbocycles. The second-order valence-electron chi connectivity index (χ2n) is 5.73. The van der Waals surface area contributed by atoms with Gasteiger partial charge in [0.15, 0.2) is 0 Å². The summed E-state index contributed by atoms with van der Waals surface area (Å²) in [5.74, 6) is -1.61. The van der Waals surface area contributed by atoms with Gasteiger partial charge in [0, 0.05) is 5.57 Å². The van der Waals surface area contributed by atoms with Crippen LogP contribution >= 0.6 is 0 Å². The van der Waals surface area contributed by atoms with Gasteiger partial charge in [0.1, 0.15) is 11.5 Å². The van der Waals surface area contributed by atoms with Crippen molar-refractivity contribution in [2.45, 2.75) is 19.1 Å². The molecule has 0 N–H and O–H groups in total. The number of benzene rings is 1. The lowest BCUT2D eigenvalue weighted by molar-refractivity contribution is -0.303. The molecule has 0 radical (unpaired) electrons. The van der Waals surface area contributed by atoms with Crippen LogP contribution in [0.15, 0.2) is 75.8 Å². The fourth-order valence-electron chi connectivity index (χ4n) is 2.66. The molecule has 0 spiro atoms. The molecule has 1 aliphatic heterocycles. The van der Waals surface area contributed by atoms with Crippen molar-refractivity contribution in [3.63, 3.8) is 0 Å². The van der Waals surface area contributed by atoms with E-state index < -0.39 is 30.1 Å². The molecule has 5 nitrogen and oxygen atoms in total. The van der Waals surface area contributed by atoms with Gasteiger partial charge < -0.3 is 9.47 Å². The number of nitrogens with zero attached hydrogens (tertiary/aromatic N) is 2. The largest absolute Gasteiger partial charge is 0.573 e. The monoisotopic (exact) mass is 416 g/mol. The summed E-state index contributed by atoms with van der Waals surface area (Å²) in [5.41, 5.74) is 1.04. The maximum atomic E-state index is 12.3. The van der Waals surface area contributed by atoms with E-state index in [2.05, 4.69) is 19.7 Å². The van der Waals surface area contributed by atoms with Crippen molar-refractivity contribution in [2.24, 2.45) is 10.2 Å². The minimum Gasteiger partial charge on any atom is -0.406 e. The molecule has 3 rings (SSSR count). The minimum atomic E-state index is -4.85. The molecule has 0 saturated heterocycles. The van der Waals surface area contributed by atoms with Gasteiger partial charge in [0.25, 0.3) is 5.91 Å². The van der Waals surface area contributed by atoms with Crippen LogP contribution in [0.5, 0.6) is 5.75 Å². The number of halogens is 6. The van der Waals surface area contributed by atoms with Gasteiger partial charge in [0.05, 0.1) is 11.8 Å². The van der Waals surface area contributed by atoms with Gasteiger partial charge in [-0.15, -0.1) is 31.5 Å². The van der Waals surface area contributed by atoms with Crippen LogP contribution < -0.4 is 4.74 Å². The van der Waals surface area contributed by atoms with Gasteiger partial charge in [-0.2, -0.15) is 5.11 Å². The lowest BCUT2D eigenvalue weighted by Gasteiger charge is -2.18. The van der Waals surface area contributed by atoms with Crippen LogP contribution in [-0.4, -0.2) is 18.6 Å². The molecule has 0 aromatic heterocycles. The molecule has 1 amide bonds. The Morgan fingerprint density at radius 2 is 1.55 bits per heavy atom. The molecular weight excluding hydrogens is 406 g/mol. The minimum absolute atomic E-state index is 0.0505. The van der Waals surface area contributed by atoms with Gasteiger partial charge in [0.2, 0.25) is 0 Å². The lowest BCUT2D eigenvalue weighted by Crippen LogP contribution is -2.17. The molecule has 0 unspecified atom stereocenters. The van der Waals surface area contributed by atoms with Crippen LogP contribution in [0.25, 0.3) is 5.57 Å². The standard InChI is InChI=1S/C18H10F6N2O3/c19-17(20,21)28-12-5-1-10(2-6-12)14-9-25-26-16(27)15(14)11-3-7-13(8-4-11)29-18(22,23)24/h1-3,5-9H,4H2. The van der Waals surface area contributed by atoms with Gasteiger partial charge >= 0.3 is 12.7 Å². The van der Waals surface area contributed by atoms with E-state index in [4.69, 9.17) is 0 Å². The van der Waals surface area contributed by atoms with E-state index in [9.17, 15) is 31.1 Å². The summed E-state index contributed by atoms with van der Waals surface area (Å²) in [4.78, 5) is 12.2. The number of hydrogen-bond donors (Lipinski definition) is 0. The summed E-state index contributed by atoms with van der Waals surface area (Å²) in [5, 5.41) is 6.98. The first-order chi connectivity index (χ1) is 13.5. The van der Waals surface area contributed by atoms with E-state index in [0.717, 1.165) is 24.3 Å². The zero-order valence-electron chi connectivity index (χ0n) is 14.2. The van der Waals surface area contributed by atoms with E-state index in [0.29, 0.717) is 11.1 Å². The third-order valence-corrected chi connectivity index (χ3v) is 3.74. The predicted molar refractivity (Wildman–Crippen MR) is 87.0 cm³/mol. The number of carbonyl (C=O) groups is 1. The lowest BCUT2D eigenvalue weighted by atomic mass is 9.90. The number of carbonyl (C=O) groups excluding carboxylic acids is 1. The number of allylic oxidation sites excluding steroid dienone is 4. The van der Waals surface area contributed by atoms with Gasteiger partial charge in [-0.3, -0.25) is 4.79 Å². The Bertz CT molecular complexity index is 967. The third kappa shape index (κ3) is 5.33. The summed E-state index contributed by atoms with van der Waals surface area (Å²) in [6.45, 7) is 0. The first-order valence-corrected chi connectivity index (χ1v) is 7.91. The summed E-state index contributed by atoms with van der Waals surface area (Å²) in [6.07, 6.45) is -5.03. The van der Waals surface area contributed by atoms with E-state index in [1.807, 2.05) is 0 Å². The molecule has 1 aliphatic carbocycles. The Kier molecular flexibility index (Phi) is 5.31. The fraction of sp³-hybridized carbons (Fsp3) is 0.167. The van der Waals surface area contributed by atoms with Crippen molar-refractivity contribution < 1.29 is 40.6 Å². The van der Waals surface area contributed by atoms with Crippen molar-refractivity contribution in [3.8, 4) is 5.75 Å². The maximum Gasteiger partial charge on any atom is 0.573 e. The molecule has 0 fully saturated rings. The molecule has 0 bridgehead atoms. The van der Waals surface area contributed by atoms with E-state index in [1.54, 1.807) is 0 Å². The molecule has 1 aromatic rings. The van der Waals surface area contributed by atoms with Gasteiger partial charge in [-0.1, -0.05) is 18.2 Å². The topological polar surface area (TPSA) is 60.2 Å². The second-order valence-corrected chi connectivity index (χ2v) is 5.73. The van der Waals surface area contributed by atoms with Crippen molar-refractivity contribution in [1.29, 1.82) is 0 Å². The summed E-state index contributed by atoms with van der Waals surface area (Å²) in [7, 11) is 0. The Hall–Kier alpha value is -3.37. The molecule has 2 aliphatic rings. The third-order valence-electron chi connectivity index (χ3n) is 3.74. The Morgan fingerprint density at radius 3 is 2.10 bits per heavy atom. The molecular formula is C18H10F6N2O3. The highest BCUT2D eigenvalue weighted by Gasteiger charge is 2.33. The molecule has 1 aromatic carbocycles. The predicted octanol–water partition coefficient (Wildman–Crippen LogP) is 5.60. The van der Waals surface area contributed by atoms with E-state index in [1.165, 1.54) is 24.4 Å².